The smallest absolute Gasteiger partial charge is 0.220 e. The zero-order chi connectivity index (χ0) is 14.1. The number of nitrogens with two attached hydrogens (primary N) is 1. The first-order valence-corrected chi connectivity index (χ1v) is 7.90. The van der Waals surface area contributed by atoms with Gasteiger partial charge in [-0.2, -0.15) is 11.3 Å². The molecule has 21 heavy (non-hydrogen) atoms. The van der Waals surface area contributed by atoms with E-state index in [1.165, 1.54) is 5.56 Å². The Morgan fingerprint density at radius 1 is 1.38 bits per heavy atom. The Labute approximate surface area is 144 Å². The van der Waals surface area contributed by atoms with Gasteiger partial charge in [0.2, 0.25) is 5.91 Å². The van der Waals surface area contributed by atoms with Crippen LogP contribution < -0.4 is 11.1 Å². The molecule has 0 aliphatic rings. The summed E-state index contributed by atoms with van der Waals surface area (Å²) in [5.41, 5.74) is 6.70. The van der Waals surface area contributed by atoms with Crippen LogP contribution in [-0.2, 0) is 4.79 Å². The number of hydrogen-bond donors (Lipinski definition) is 2. The van der Waals surface area contributed by atoms with Crippen molar-refractivity contribution in [3.8, 4) is 0 Å². The molecule has 0 saturated carbocycles. The van der Waals surface area contributed by atoms with E-state index in [9.17, 15) is 4.79 Å². The molecule has 3 N–H and O–H groups in total. The van der Waals surface area contributed by atoms with Crippen molar-refractivity contribution in [1.29, 1.82) is 0 Å². The Bertz CT molecular complexity index is 359. The Kier molecular flexibility index (Phi) is 14.6. The van der Waals surface area contributed by atoms with Crippen LogP contribution >= 0.6 is 36.2 Å². The molecule has 1 atom stereocenters. The number of halogens is 2. The second-order valence-corrected chi connectivity index (χ2v) is 5.27. The highest BCUT2D eigenvalue weighted by Crippen LogP contribution is 2.22. The van der Waals surface area contributed by atoms with Crippen LogP contribution in [0.15, 0.2) is 16.8 Å². The summed E-state index contributed by atoms with van der Waals surface area (Å²) in [4.78, 5) is 14.1. The highest BCUT2D eigenvalue weighted by Gasteiger charge is 2.18. The van der Waals surface area contributed by atoms with Crippen LogP contribution in [-0.4, -0.2) is 37.0 Å². The lowest BCUT2D eigenvalue weighted by atomic mass is 10.1. The first-order chi connectivity index (χ1) is 9.22. The molecule has 0 aliphatic carbocycles. The Balaban J connectivity index is 0. The third-order valence-corrected chi connectivity index (χ3v) is 3.98. The fourth-order valence-corrected chi connectivity index (χ4v) is 2.86. The number of nitrogens with one attached hydrogen (secondary N) is 1. The van der Waals surface area contributed by atoms with Crippen LogP contribution in [0.3, 0.4) is 0 Å². The van der Waals surface area contributed by atoms with E-state index in [1.54, 1.807) is 11.3 Å². The number of thiophene rings is 1. The Morgan fingerprint density at radius 2 is 2.05 bits per heavy atom. The van der Waals surface area contributed by atoms with Gasteiger partial charge in [0.25, 0.3) is 0 Å². The van der Waals surface area contributed by atoms with Gasteiger partial charge in [-0.15, -0.1) is 24.8 Å². The molecular weight excluding hydrogens is 329 g/mol. The molecule has 7 heteroatoms. The van der Waals surface area contributed by atoms with Crippen molar-refractivity contribution in [3.63, 3.8) is 0 Å². The predicted molar refractivity (Wildman–Crippen MR) is 95.8 cm³/mol. The zero-order valence-corrected chi connectivity index (χ0v) is 15.2. The summed E-state index contributed by atoms with van der Waals surface area (Å²) in [5.74, 6) is 0.0952. The van der Waals surface area contributed by atoms with Gasteiger partial charge >= 0.3 is 0 Å². The van der Waals surface area contributed by atoms with E-state index in [-0.39, 0.29) is 36.8 Å². The lowest BCUT2D eigenvalue weighted by molar-refractivity contribution is -0.121. The maximum atomic E-state index is 11.7. The maximum absolute atomic E-state index is 11.7. The highest BCUT2D eigenvalue weighted by atomic mass is 35.5. The molecule has 1 amide bonds. The second-order valence-electron chi connectivity index (χ2n) is 4.49. The van der Waals surface area contributed by atoms with E-state index >= 15 is 0 Å². The van der Waals surface area contributed by atoms with Crippen LogP contribution in [0.25, 0.3) is 0 Å². The van der Waals surface area contributed by atoms with Crippen molar-refractivity contribution in [1.82, 2.24) is 10.2 Å². The topological polar surface area (TPSA) is 58.4 Å². The van der Waals surface area contributed by atoms with E-state index in [1.807, 2.05) is 0 Å². The van der Waals surface area contributed by atoms with Crippen molar-refractivity contribution in [2.24, 2.45) is 5.73 Å². The minimum Gasteiger partial charge on any atom is -0.354 e. The number of hydrogen-bond acceptors (Lipinski definition) is 4. The second kappa shape index (κ2) is 13.3. The number of carbonyl (C=O) groups is 1. The number of amides is 1. The van der Waals surface area contributed by atoms with Crippen molar-refractivity contribution in [2.75, 3.05) is 26.2 Å². The average Bonchev–Trinajstić information content (AvgIpc) is 2.94. The van der Waals surface area contributed by atoms with Crippen molar-refractivity contribution in [3.05, 3.63) is 22.4 Å². The Morgan fingerprint density at radius 3 is 2.52 bits per heavy atom. The molecule has 0 fully saturated rings. The minimum atomic E-state index is 0. The maximum Gasteiger partial charge on any atom is 0.220 e. The van der Waals surface area contributed by atoms with Crippen LogP contribution in [0.5, 0.6) is 0 Å². The van der Waals surface area contributed by atoms with Crippen molar-refractivity contribution in [2.45, 2.75) is 32.7 Å². The number of carbonyl (C=O) groups excluding carboxylic acids is 1. The fourth-order valence-electron chi connectivity index (χ4n) is 2.15. The van der Waals surface area contributed by atoms with Gasteiger partial charge in [0.1, 0.15) is 0 Å². The largest absolute Gasteiger partial charge is 0.354 e. The monoisotopic (exact) mass is 355 g/mol. The molecule has 1 heterocycles. The van der Waals surface area contributed by atoms with Crippen molar-refractivity contribution >= 4 is 42.1 Å². The van der Waals surface area contributed by atoms with Gasteiger partial charge in [0.05, 0.1) is 6.04 Å². The molecule has 0 aliphatic heterocycles. The lowest BCUT2D eigenvalue weighted by Gasteiger charge is -2.29. The van der Waals surface area contributed by atoms with E-state index in [0.29, 0.717) is 19.5 Å². The molecule has 0 radical (unpaired) electrons. The Hall–Kier alpha value is -0.330. The first-order valence-electron chi connectivity index (χ1n) is 6.95. The van der Waals surface area contributed by atoms with Crippen LogP contribution in [0, 0.1) is 0 Å². The third-order valence-electron chi connectivity index (χ3n) is 3.28. The van der Waals surface area contributed by atoms with Gasteiger partial charge in [0.15, 0.2) is 0 Å². The van der Waals surface area contributed by atoms with Gasteiger partial charge < -0.3 is 11.1 Å². The van der Waals surface area contributed by atoms with E-state index in [0.717, 1.165) is 19.5 Å². The van der Waals surface area contributed by atoms with Gasteiger partial charge in [-0.3, -0.25) is 9.69 Å². The van der Waals surface area contributed by atoms with Gasteiger partial charge in [-0.1, -0.05) is 13.8 Å². The number of likely N-dealkylation sites (N-methyl/N-ethyl adjacent to an activating group) is 1. The number of nitrogens with zero attached hydrogens (tertiary/aromatic N) is 1. The average molecular weight is 356 g/mol. The summed E-state index contributed by atoms with van der Waals surface area (Å²) in [7, 11) is 0. The summed E-state index contributed by atoms with van der Waals surface area (Å²) < 4.78 is 0. The molecule has 124 valence electrons. The summed E-state index contributed by atoms with van der Waals surface area (Å²) in [6.07, 6.45) is 1.27. The zero-order valence-electron chi connectivity index (χ0n) is 12.7. The van der Waals surface area contributed by atoms with Crippen LogP contribution in [0.1, 0.15) is 38.3 Å². The molecule has 1 aromatic rings. The highest BCUT2D eigenvalue weighted by molar-refractivity contribution is 7.07. The van der Waals surface area contributed by atoms with E-state index in [4.69, 9.17) is 5.73 Å². The summed E-state index contributed by atoms with van der Waals surface area (Å²) >= 11 is 1.70. The molecule has 4 nitrogen and oxygen atoms in total. The van der Waals surface area contributed by atoms with Gasteiger partial charge in [-0.05, 0) is 48.4 Å². The molecule has 1 unspecified atom stereocenters. The summed E-state index contributed by atoms with van der Waals surface area (Å²) in [6, 6.07) is 2.41. The molecule has 0 spiro atoms. The third kappa shape index (κ3) is 8.02. The van der Waals surface area contributed by atoms with E-state index < -0.39 is 0 Å². The summed E-state index contributed by atoms with van der Waals surface area (Å²) in [6.45, 7) is 7.50. The normalized spacial score (nSPS) is 11.4. The molecule has 1 aromatic heterocycles. The molecular formula is C14H27Cl2N3OS. The van der Waals surface area contributed by atoms with Gasteiger partial charge in [-0.25, -0.2) is 0 Å². The molecule has 0 saturated heterocycles. The van der Waals surface area contributed by atoms with Gasteiger partial charge in [0, 0.05) is 13.0 Å². The first kappa shape index (κ1) is 22.9. The van der Waals surface area contributed by atoms with Crippen LogP contribution in [0.2, 0.25) is 0 Å². The quantitative estimate of drug-likeness (QED) is 0.715. The summed E-state index contributed by atoms with van der Waals surface area (Å²) in [5, 5.41) is 7.27. The fraction of sp³-hybridized carbons (Fsp3) is 0.643. The van der Waals surface area contributed by atoms with Crippen molar-refractivity contribution < 1.29 is 4.79 Å². The predicted octanol–water partition coefficient (Wildman–Crippen LogP) is 2.83. The minimum absolute atomic E-state index is 0. The molecule has 1 rings (SSSR count). The van der Waals surface area contributed by atoms with E-state index in [2.05, 4.69) is 40.9 Å². The molecule has 0 aromatic carbocycles. The SMILES string of the molecule is CCN(CC)C(CNC(=O)CCCN)c1ccsc1.Cl.Cl. The standard InChI is InChI=1S/C14H25N3OS.2ClH/c1-3-17(4-2)13(12-7-9-19-11-12)10-16-14(18)6-5-8-15;;/h7,9,11,13H,3-6,8,10,15H2,1-2H3,(H,16,18);2*1H. The number of rotatable bonds is 9. The molecule has 0 bridgehead atoms. The lowest BCUT2D eigenvalue weighted by Crippen LogP contribution is -2.37. The van der Waals surface area contributed by atoms with Crippen LogP contribution in [0.4, 0.5) is 0 Å².